The second-order valence-corrected chi connectivity index (χ2v) is 5.59. The lowest BCUT2D eigenvalue weighted by atomic mass is 10.3. The Morgan fingerprint density at radius 1 is 1.19 bits per heavy atom. The highest BCUT2D eigenvalue weighted by atomic mass is 32.2. The molecule has 0 heterocycles. The van der Waals surface area contributed by atoms with Crippen LogP contribution in [0.15, 0.2) is 23.1 Å². The van der Waals surface area contributed by atoms with Crippen LogP contribution in [0.3, 0.4) is 0 Å². The zero-order chi connectivity index (χ0) is 15.5. The quantitative estimate of drug-likeness (QED) is 0.510. The Morgan fingerprint density at radius 2 is 1.95 bits per heavy atom. The standard InChI is InChI=1S/C15H24N2O3S/c1-16-8-4-9-17-15(18)7-10-21-12-5-6-13(19-2)14(11-12)20-3/h5-6,11,16H,4,7-10H2,1-3H3,(H,17,18). The normalized spacial score (nSPS) is 10.2. The summed E-state index contributed by atoms with van der Waals surface area (Å²) in [5.41, 5.74) is 0. The zero-order valence-corrected chi connectivity index (χ0v) is 13.7. The van der Waals surface area contributed by atoms with E-state index in [1.807, 2.05) is 25.2 Å². The number of benzene rings is 1. The average Bonchev–Trinajstić information content (AvgIpc) is 2.51. The minimum absolute atomic E-state index is 0.0964. The van der Waals surface area contributed by atoms with E-state index in [9.17, 15) is 4.79 Å². The summed E-state index contributed by atoms with van der Waals surface area (Å²) >= 11 is 1.63. The molecule has 21 heavy (non-hydrogen) atoms. The molecule has 0 unspecified atom stereocenters. The van der Waals surface area contributed by atoms with Crippen molar-refractivity contribution in [3.05, 3.63) is 18.2 Å². The van der Waals surface area contributed by atoms with E-state index in [0.29, 0.717) is 17.9 Å². The fraction of sp³-hybridized carbons (Fsp3) is 0.533. The van der Waals surface area contributed by atoms with E-state index < -0.39 is 0 Å². The van der Waals surface area contributed by atoms with Gasteiger partial charge in [0.05, 0.1) is 14.2 Å². The Kier molecular flexibility index (Phi) is 8.69. The molecule has 1 aromatic rings. The first-order valence-corrected chi connectivity index (χ1v) is 7.96. The maximum absolute atomic E-state index is 11.6. The van der Waals surface area contributed by atoms with E-state index in [-0.39, 0.29) is 5.91 Å². The predicted molar refractivity (Wildman–Crippen MR) is 86.4 cm³/mol. The third-order valence-corrected chi connectivity index (χ3v) is 3.87. The average molecular weight is 312 g/mol. The van der Waals surface area contributed by atoms with Gasteiger partial charge in [-0.05, 0) is 38.2 Å². The van der Waals surface area contributed by atoms with Crippen LogP contribution >= 0.6 is 11.8 Å². The van der Waals surface area contributed by atoms with Crippen LogP contribution in [0.1, 0.15) is 12.8 Å². The lowest BCUT2D eigenvalue weighted by Crippen LogP contribution is -2.26. The molecule has 0 aromatic heterocycles. The number of carbonyl (C=O) groups is 1. The SMILES string of the molecule is CNCCCNC(=O)CCSc1ccc(OC)c(OC)c1. The van der Waals surface area contributed by atoms with Crippen molar-refractivity contribution in [2.75, 3.05) is 40.1 Å². The van der Waals surface area contributed by atoms with Gasteiger partial charge in [0.25, 0.3) is 0 Å². The van der Waals surface area contributed by atoms with Crippen molar-refractivity contribution in [2.24, 2.45) is 0 Å². The minimum Gasteiger partial charge on any atom is -0.493 e. The Morgan fingerprint density at radius 3 is 2.62 bits per heavy atom. The lowest BCUT2D eigenvalue weighted by molar-refractivity contribution is -0.120. The van der Waals surface area contributed by atoms with Crippen molar-refractivity contribution >= 4 is 17.7 Å². The number of hydrogen-bond acceptors (Lipinski definition) is 5. The molecule has 5 nitrogen and oxygen atoms in total. The van der Waals surface area contributed by atoms with Crippen LogP contribution < -0.4 is 20.1 Å². The number of rotatable bonds is 10. The van der Waals surface area contributed by atoms with Crippen molar-refractivity contribution in [1.29, 1.82) is 0 Å². The molecular weight excluding hydrogens is 288 g/mol. The van der Waals surface area contributed by atoms with Crippen LogP contribution in [0.25, 0.3) is 0 Å². The van der Waals surface area contributed by atoms with Gasteiger partial charge in [-0.2, -0.15) is 0 Å². The molecule has 6 heteroatoms. The van der Waals surface area contributed by atoms with Crippen LogP contribution in [-0.4, -0.2) is 46.0 Å². The zero-order valence-electron chi connectivity index (χ0n) is 12.9. The summed E-state index contributed by atoms with van der Waals surface area (Å²) in [4.78, 5) is 12.7. The number of thioether (sulfide) groups is 1. The Labute approximate surface area is 130 Å². The third-order valence-electron chi connectivity index (χ3n) is 2.88. The Bertz CT molecular complexity index is 441. The summed E-state index contributed by atoms with van der Waals surface area (Å²) in [6, 6.07) is 5.77. The summed E-state index contributed by atoms with van der Waals surface area (Å²) < 4.78 is 10.5. The maximum atomic E-state index is 11.6. The number of methoxy groups -OCH3 is 2. The molecule has 2 N–H and O–H groups in total. The van der Waals surface area contributed by atoms with Crippen molar-refractivity contribution in [3.8, 4) is 11.5 Å². The third kappa shape index (κ3) is 6.73. The van der Waals surface area contributed by atoms with E-state index in [1.165, 1.54) is 0 Å². The monoisotopic (exact) mass is 312 g/mol. The first-order chi connectivity index (χ1) is 10.2. The summed E-state index contributed by atoms with van der Waals surface area (Å²) in [6.07, 6.45) is 1.46. The number of nitrogens with one attached hydrogen (secondary N) is 2. The van der Waals surface area contributed by atoms with Gasteiger partial charge in [-0.15, -0.1) is 11.8 Å². The first kappa shape index (κ1) is 17.7. The second-order valence-electron chi connectivity index (χ2n) is 4.42. The molecule has 0 spiro atoms. The number of carbonyl (C=O) groups excluding carboxylic acids is 1. The lowest BCUT2D eigenvalue weighted by Gasteiger charge is -2.09. The van der Waals surface area contributed by atoms with Crippen LogP contribution in [0.4, 0.5) is 0 Å². The van der Waals surface area contributed by atoms with E-state index in [0.717, 1.165) is 30.2 Å². The molecule has 1 amide bonds. The molecule has 0 saturated heterocycles. The Hall–Kier alpha value is -1.40. The first-order valence-electron chi connectivity index (χ1n) is 6.97. The van der Waals surface area contributed by atoms with Gasteiger partial charge in [-0.3, -0.25) is 4.79 Å². The predicted octanol–water partition coefficient (Wildman–Crippen LogP) is 1.91. The molecule has 0 atom stereocenters. The number of hydrogen-bond donors (Lipinski definition) is 2. The maximum Gasteiger partial charge on any atom is 0.220 e. The van der Waals surface area contributed by atoms with Gasteiger partial charge >= 0.3 is 0 Å². The summed E-state index contributed by atoms with van der Waals surface area (Å²) in [6.45, 7) is 1.64. The van der Waals surface area contributed by atoms with Gasteiger partial charge in [0, 0.05) is 23.6 Å². The van der Waals surface area contributed by atoms with E-state index in [2.05, 4.69) is 10.6 Å². The fourth-order valence-electron chi connectivity index (χ4n) is 1.75. The van der Waals surface area contributed by atoms with Crippen molar-refractivity contribution in [1.82, 2.24) is 10.6 Å². The molecular formula is C15H24N2O3S. The Balaban J connectivity index is 2.30. The van der Waals surface area contributed by atoms with Crippen LogP contribution in [0.5, 0.6) is 11.5 Å². The van der Waals surface area contributed by atoms with E-state index in [4.69, 9.17) is 9.47 Å². The van der Waals surface area contributed by atoms with Crippen LogP contribution in [0, 0.1) is 0 Å². The highest BCUT2D eigenvalue weighted by Gasteiger charge is 2.06. The van der Waals surface area contributed by atoms with Crippen molar-refractivity contribution < 1.29 is 14.3 Å². The van der Waals surface area contributed by atoms with Crippen LogP contribution in [-0.2, 0) is 4.79 Å². The van der Waals surface area contributed by atoms with Gasteiger partial charge in [-0.25, -0.2) is 0 Å². The molecule has 0 aliphatic rings. The molecule has 0 aliphatic heterocycles. The molecule has 0 fully saturated rings. The molecule has 0 radical (unpaired) electrons. The van der Waals surface area contributed by atoms with Gasteiger partial charge in [0.2, 0.25) is 5.91 Å². The van der Waals surface area contributed by atoms with Gasteiger partial charge in [0.1, 0.15) is 0 Å². The molecule has 0 saturated carbocycles. The highest BCUT2D eigenvalue weighted by Crippen LogP contribution is 2.31. The van der Waals surface area contributed by atoms with E-state index >= 15 is 0 Å². The fourth-order valence-corrected chi connectivity index (χ4v) is 2.63. The second kappa shape index (κ2) is 10.3. The summed E-state index contributed by atoms with van der Waals surface area (Å²) in [5.74, 6) is 2.26. The molecule has 0 bridgehead atoms. The molecule has 118 valence electrons. The van der Waals surface area contributed by atoms with E-state index in [1.54, 1.807) is 26.0 Å². The number of ether oxygens (including phenoxy) is 2. The largest absolute Gasteiger partial charge is 0.493 e. The number of amides is 1. The van der Waals surface area contributed by atoms with Gasteiger partial charge in [0.15, 0.2) is 11.5 Å². The highest BCUT2D eigenvalue weighted by molar-refractivity contribution is 7.99. The summed E-state index contributed by atoms with van der Waals surface area (Å²) in [5, 5.41) is 5.96. The van der Waals surface area contributed by atoms with Gasteiger partial charge in [-0.1, -0.05) is 0 Å². The molecule has 1 aromatic carbocycles. The molecule has 1 rings (SSSR count). The topological polar surface area (TPSA) is 59.6 Å². The van der Waals surface area contributed by atoms with Gasteiger partial charge < -0.3 is 20.1 Å². The van der Waals surface area contributed by atoms with Crippen molar-refractivity contribution in [2.45, 2.75) is 17.7 Å². The van der Waals surface area contributed by atoms with Crippen molar-refractivity contribution in [3.63, 3.8) is 0 Å². The van der Waals surface area contributed by atoms with Crippen LogP contribution in [0.2, 0.25) is 0 Å². The minimum atomic E-state index is 0.0964. The smallest absolute Gasteiger partial charge is 0.220 e. The molecule has 0 aliphatic carbocycles. The summed E-state index contributed by atoms with van der Waals surface area (Å²) in [7, 11) is 5.13.